The number of nitrogens with one attached hydrogen (secondary N) is 1. The van der Waals surface area contributed by atoms with Gasteiger partial charge in [-0.15, -0.1) is 0 Å². The maximum absolute atomic E-state index is 13.9. The van der Waals surface area contributed by atoms with Gasteiger partial charge in [0.15, 0.2) is 11.7 Å². The summed E-state index contributed by atoms with van der Waals surface area (Å²) in [7, 11) is 2.05. The van der Waals surface area contributed by atoms with Crippen LogP contribution >= 0.6 is 0 Å². The van der Waals surface area contributed by atoms with Gasteiger partial charge in [0.05, 0.1) is 11.8 Å². The summed E-state index contributed by atoms with van der Waals surface area (Å²) >= 11 is 0. The van der Waals surface area contributed by atoms with Crippen LogP contribution < -0.4 is 10.1 Å². The van der Waals surface area contributed by atoms with Crippen molar-refractivity contribution < 1.29 is 23.5 Å². The first kappa shape index (κ1) is 30.6. The van der Waals surface area contributed by atoms with E-state index in [1.807, 2.05) is 46.6 Å². The molecule has 2 saturated heterocycles. The molecule has 3 heterocycles. The molecular weight excluding hydrogens is 522 g/mol. The molecule has 4 rings (SSSR count). The molecule has 41 heavy (non-hydrogen) atoms. The smallest absolute Gasteiger partial charge is 0.255 e. The van der Waals surface area contributed by atoms with E-state index < -0.39 is 18.0 Å². The van der Waals surface area contributed by atoms with Crippen LogP contribution in [0, 0.1) is 5.92 Å². The van der Waals surface area contributed by atoms with E-state index in [1.54, 1.807) is 35.4 Å². The van der Waals surface area contributed by atoms with E-state index >= 15 is 0 Å². The van der Waals surface area contributed by atoms with E-state index in [4.69, 9.17) is 9.15 Å². The highest BCUT2D eigenvalue weighted by atomic mass is 16.5. The highest BCUT2D eigenvalue weighted by Crippen LogP contribution is 2.25. The van der Waals surface area contributed by atoms with Gasteiger partial charge in [0.25, 0.3) is 5.91 Å². The fraction of sp³-hybridized carbons (Fsp3) is 0.613. The minimum atomic E-state index is -0.750. The van der Waals surface area contributed by atoms with Crippen molar-refractivity contribution in [2.24, 2.45) is 5.92 Å². The normalized spacial score (nSPS) is 19.0. The molecule has 224 valence electrons. The number of likely N-dealkylation sites (tertiary alicyclic amines) is 1. The Hall–Kier alpha value is -3.40. The minimum Gasteiger partial charge on any atom is -0.485 e. The number of benzene rings is 1. The summed E-state index contributed by atoms with van der Waals surface area (Å²) in [6.07, 6.45) is 3.52. The highest BCUT2D eigenvalue weighted by molar-refractivity contribution is 6.00. The fourth-order valence-electron chi connectivity index (χ4n) is 5.30. The Morgan fingerprint density at radius 2 is 1.80 bits per heavy atom. The number of hydrogen-bond donors (Lipinski definition) is 1. The number of nitrogens with zero attached hydrogens (tertiary/aromatic N) is 4. The number of oxazole rings is 1. The van der Waals surface area contributed by atoms with E-state index in [-0.39, 0.29) is 29.8 Å². The number of likely N-dealkylation sites (N-methyl/N-ethyl adjacent to an activating group) is 1. The molecule has 2 fully saturated rings. The average Bonchev–Trinajstić information content (AvgIpc) is 3.61. The van der Waals surface area contributed by atoms with Gasteiger partial charge in [0.1, 0.15) is 24.4 Å². The number of para-hydroxylation sites is 1. The van der Waals surface area contributed by atoms with Gasteiger partial charge in [-0.05, 0) is 44.4 Å². The lowest BCUT2D eigenvalue weighted by molar-refractivity contribution is -0.145. The molecule has 0 radical (unpaired) electrons. The molecule has 0 bridgehead atoms. The molecule has 0 unspecified atom stereocenters. The molecular formula is C31H45N5O5. The quantitative estimate of drug-likeness (QED) is 0.494. The number of rotatable bonds is 9. The van der Waals surface area contributed by atoms with Crippen LogP contribution in [0.15, 0.2) is 34.9 Å². The van der Waals surface area contributed by atoms with Crippen LogP contribution in [-0.4, -0.2) is 89.3 Å². The predicted molar refractivity (Wildman–Crippen MR) is 155 cm³/mol. The molecule has 2 aromatic rings. The van der Waals surface area contributed by atoms with Crippen LogP contribution in [0.4, 0.5) is 0 Å². The molecule has 2 aliphatic heterocycles. The van der Waals surface area contributed by atoms with Gasteiger partial charge in [-0.2, -0.15) is 0 Å². The van der Waals surface area contributed by atoms with Gasteiger partial charge in [0.2, 0.25) is 11.8 Å². The summed E-state index contributed by atoms with van der Waals surface area (Å²) in [6.45, 7) is 13.7. The van der Waals surface area contributed by atoms with Crippen molar-refractivity contribution in [3.8, 4) is 5.75 Å². The Labute approximate surface area is 243 Å². The second-order valence-corrected chi connectivity index (χ2v) is 12.6. The van der Waals surface area contributed by atoms with E-state index in [9.17, 15) is 14.4 Å². The van der Waals surface area contributed by atoms with Crippen molar-refractivity contribution in [3.05, 3.63) is 47.7 Å². The lowest BCUT2D eigenvalue weighted by Crippen LogP contribution is -2.56. The number of ether oxygens (including phenoxy) is 1. The largest absolute Gasteiger partial charge is 0.485 e. The van der Waals surface area contributed by atoms with E-state index in [0.717, 1.165) is 19.5 Å². The van der Waals surface area contributed by atoms with Crippen LogP contribution in [0.5, 0.6) is 5.75 Å². The number of carbonyl (C=O) groups is 3. The van der Waals surface area contributed by atoms with Gasteiger partial charge in [0, 0.05) is 38.1 Å². The SMILES string of the molecule is CC(C)C[C@@H](NC(=O)c1ccccc1OCc1cnc(C(C)(C)C)o1)C(=O)N1CCC[C@@H]1C(=O)N1CCN(C)CC1. The number of hydrogen-bond acceptors (Lipinski definition) is 7. The lowest BCUT2D eigenvalue weighted by atomic mass is 9.97. The molecule has 1 aromatic carbocycles. The van der Waals surface area contributed by atoms with E-state index in [2.05, 4.69) is 15.2 Å². The zero-order valence-electron chi connectivity index (χ0n) is 25.3. The van der Waals surface area contributed by atoms with Crippen LogP contribution in [-0.2, 0) is 21.6 Å². The van der Waals surface area contributed by atoms with Crippen LogP contribution in [0.1, 0.15) is 75.9 Å². The molecule has 10 heteroatoms. The van der Waals surface area contributed by atoms with Crippen LogP contribution in [0.3, 0.4) is 0 Å². The van der Waals surface area contributed by atoms with E-state index in [0.29, 0.717) is 55.4 Å². The minimum absolute atomic E-state index is 0.0133. The molecule has 0 spiro atoms. The van der Waals surface area contributed by atoms with Gasteiger partial charge < -0.3 is 29.2 Å². The molecule has 2 aliphatic rings. The van der Waals surface area contributed by atoms with Crippen molar-refractivity contribution >= 4 is 17.7 Å². The van der Waals surface area contributed by atoms with Crippen LogP contribution in [0.25, 0.3) is 0 Å². The first-order valence-electron chi connectivity index (χ1n) is 14.7. The Balaban J connectivity index is 1.45. The van der Waals surface area contributed by atoms with Crippen molar-refractivity contribution in [3.63, 3.8) is 0 Å². The summed E-state index contributed by atoms with van der Waals surface area (Å²) < 4.78 is 11.8. The summed E-state index contributed by atoms with van der Waals surface area (Å²) in [5, 5.41) is 2.97. The maximum Gasteiger partial charge on any atom is 0.255 e. The monoisotopic (exact) mass is 567 g/mol. The Kier molecular flexibility index (Phi) is 9.73. The molecule has 1 N–H and O–H groups in total. The first-order chi connectivity index (χ1) is 19.4. The zero-order chi connectivity index (χ0) is 29.7. The molecule has 3 amide bonds. The van der Waals surface area contributed by atoms with Gasteiger partial charge in [-0.3, -0.25) is 14.4 Å². The van der Waals surface area contributed by atoms with Gasteiger partial charge in [-0.1, -0.05) is 46.8 Å². The average molecular weight is 568 g/mol. The van der Waals surface area contributed by atoms with Crippen LogP contribution in [0.2, 0.25) is 0 Å². The third kappa shape index (κ3) is 7.67. The number of amides is 3. The Morgan fingerprint density at radius 1 is 1.10 bits per heavy atom. The zero-order valence-corrected chi connectivity index (χ0v) is 25.3. The van der Waals surface area contributed by atoms with Gasteiger partial charge >= 0.3 is 0 Å². The lowest BCUT2D eigenvalue weighted by Gasteiger charge is -2.36. The third-order valence-corrected chi connectivity index (χ3v) is 7.64. The Bertz CT molecular complexity index is 1210. The van der Waals surface area contributed by atoms with Gasteiger partial charge in [-0.25, -0.2) is 4.98 Å². The van der Waals surface area contributed by atoms with Crippen molar-refractivity contribution in [1.29, 1.82) is 0 Å². The molecule has 0 saturated carbocycles. The number of carbonyl (C=O) groups excluding carboxylic acids is 3. The number of aromatic nitrogens is 1. The van der Waals surface area contributed by atoms with Crippen molar-refractivity contribution in [1.82, 2.24) is 25.0 Å². The first-order valence-corrected chi connectivity index (χ1v) is 14.7. The van der Waals surface area contributed by atoms with Crippen molar-refractivity contribution in [2.45, 2.75) is 78.0 Å². The number of piperazine rings is 1. The predicted octanol–water partition coefficient (Wildman–Crippen LogP) is 3.46. The molecule has 1 aromatic heterocycles. The summed E-state index contributed by atoms with van der Waals surface area (Å²) in [5.74, 6) is 1.14. The molecule has 10 nitrogen and oxygen atoms in total. The molecule has 2 atom stereocenters. The summed E-state index contributed by atoms with van der Waals surface area (Å²) in [5.41, 5.74) is 0.105. The maximum atomic E-state index is 13.9. The summed E-state index contributed by atoms with van der Waals surface area (Å²) in [4.78, 5) is 50.9. The highest BCUT2D eigenvalue weighted by Gasteiger charge is 2.40. The second-order valence-electron chi connectivity index (χ2n) is 12.6. The second kappa shape index (κ2) is 13.1. The van der Waals surface area contributed by atoms with E-state index in [1.165, 1.54) is 0 Å². The van der Waals surface area contributed by atoms with Crippen molar-refractivity contribution in [2.75, 3.05) is 39.8 Å². The standard InChI is InChI=1S/C31H45N5O5/c1-21(2)18-24(28(38)36-13-9-11-25(36)29(39)35-16-14-34(6)15-17-35)33-27(37)23-10-7-8-12-26(23)40-20-22-19-32-30(41-22)31(3,4)5/h7-8,10,12,19,21,24-25H,9,11,13-18,20H2,1-6H3,(H,33,37)/t24-,25-/m1/s1. The topological polar surface area (TPSA) is 108 Å². The summed E-state index contributed by atoms with van der Waals surface area (Å²) in [6, 6.07) is 5.73. The third-order valence-electron chi connectivity index (χ3n) is 7.64. The molecule has 0 aliphatic carbocycles. The fourth-order valence-corrected chi connectivity index (χ4v) is 5.30. The Morgan fingerprint density at radius 3 is 2.46 bits per heavy atom.